The Morgan fingerprint density at radius 3 is 2.82 bits per heavy atom. The molecule has 2 amide bonds. The Bertz CT molecular complexity index is 1230. The number of alkyl halides is 3. The van der Waals surface area contributed by atoms with Gasteiger partial charge in [0, 0.05) is 11.8 Å². The number of pyridine rings is 1. The third kappa shape index (κ3) is 4.07. The molecule has 0 aliphatic carbocycles. The number of nitrogen functional groups attached to an aromatic ring is 1. The molecule has 1 aromatic carbocycles. The van der Waals surface area contributed by atoms with E-state index in [1.54, 1.807) is 6.07 Å². The molecule has 1 aliphatic rings. The Labute approximate surface area is 184 Å². The number of ether oxygens (including phenoxy) is 1. The average molecular weight is 465 g/mol. The van der Waals surface area contributed by atoms with Gasteiger partial charge in [-0.15, -0.1) is 0 Å². The number of aliphatic hydroxyl groups is 1. The maximum atomic E-state index is 13.1. The fourth-order valence-electron chi connectivity index (χ4n) is 3.42. The molecule has 0 saturated carbocycles. The summed E-state index contributed by atoms with van der Waals surface area (Å²) in [5, 5.41) is 17.2. The van der Waals surface area contributed by atoms with Gasteiger partial charge in [-0.2, -0.15) is 13.2 Å². The zero-order valence-corrected chi connectivity index (χ0v) is 17.1. The van der Waals surface area contributed by atoms with Crippen LogP contribution >= 0.6 is 0 Å². The Morgan fingerprint density at radius 1 is 1.33 bits per heavy atom. The van der Waals surface area contributed by atoms with Crippen LogP contribution in [0.15, 0.2) is 40.9 Å². The molecule has 10 nitrogen and oxygen atoms in total. The number of halogens is 3. The first-order valence-corrected chi connectivity index (χ1v) is 9.65. The predicted octanol–water partition coefficient (Wildman–Crippen LogP) is 1.95. The molecule has 174 valence electrons. The van der Waals surface area contributed by atoms with Gasteiger partial charge in [0.25, 0.3) is 11.8 Å². The zero-order chi connectivity index (χ0) is 24.0. The van der Waals surface area contributed by atoms with Crippen molar-refractivity contribution >= 4 is 40.1 Å². The molecule has 4 N–H and O–H groups in total. The van der Waals surface area contributed by atoms with E-state index in [0.29, 0.717) is 5.39 Å². The summed E-state index contributed by atoms with van der Waals surface area (Å²) in [5.74, 6) is -2.00. The molecule has 4 rings (SSSR count). The first kappa shape index (κ1) is 22.5. The van der Waals surface area contributed by atoms with Crippen LogP contribution in [0.25, 0.3) is 11.0 Å². The van der Waals surface area contributed by atoms with Gasteiger partial charge in [0.1, 0.15) is 11.5 Å². The smallest absolute Gasteiger partial charge is 0.380 e. The number of aliphatic hydroxyl groups excluding tert-OH is 1. The standard InChI is InChI=1S/C20H18F3N5O5/c1-19(15(29)17(30)25-10-5-6-11-12(9-10)33-27-16(11)24)18(31)28(7-8-32-19)14-4-2-3-13(26-14)20(21,22)23/h2-6,9,15,29H,7-8H2,1H3,(H2,24,27)(H,25,30)/t15-,19?/m0/s1. The molecule has 3 aromatic rings. The van der Waals surface area contributed by atoms with E-state index in [4.69, 9.17) is 15.0 Å². The van der Waals surface area contributed by atoms with Crippen LogP contribution in [0.5, 0.6) is 0 Å². The van der Waals surface area contributed by atoms with E-state index < -0.39 is 35.4 Å². The minimum absolute atomic E-state index is 0.110. The normalized spacial score (nSPS) is 20.2. The van der Waals surface area contributed by atoms with Crippen molar-refractivity contribution in [2.24, 2.45) is 0 Å². The Balaban J connectivity index is 1.55. The highest BCUT2D eigenvalue weighted by Gasteiger charge is 2.51. The first-order valence-electron chi connectivity index (χ1n) is 9.65. The molecule has 1 aliphatic heterocycles. The summed E-state index contributed by atoms with van der Waals surface area (Å²) in [5.41, 5.74) is 2.91. The average Bonchev–Trinajstić information content (AvgIpc) is 3.14. The quantitative estimate of drug-likeness (QED) is 0.530. The fourth-order valence-corrected chi connectivity index (χ4v) is 3.42. The molecule has 0 spiro atoms. The summed E-state index contributed by atoms with van der Waals surface area (Å²) in [7, 11) is 0. The van der Waals surface area contributed by atoms with Crippen LogP contribution < -0.4 is 16.0 Å². The second-order valence-corrected chi connectivity index (χ2v) is 7.46. The summed E-state index contributed by atoms with van der Waals surface area (Å²) in [6.45, 7) is 0.925. The highest BCUT2D eigenvalue weighted by molar-refractivity contribution is 6.06. The number of nitrogens with one attached hydrogen (secondary N) is 1. The fraction of sp³-hybridized carbons (Fsp3) is 0.300. The minimum Gasteiger partial charge on any atom is -0.380 e. The summed E-state index contributed by atoms with van der Waals surface area (Å²) in [6, 6.07) is 7.58. The number of hydrogen-bond donors (Lipinski definition) is 3. The van der Waals surface area contributed by atoms with Crippen molar-refractivity contribution in [1.82, 2.24) is 10.1 Å². The van der Waals surface area contributed by atoms with Crippen molar-refractivity contribution in [3.63, 3.8) is 0 Å². The van der Waals surface area contributed by atoms with Gasteiger partial charge in [-0.05, 0) is 31.2 Å². The zero-order valence-electron chi connectivity index (χ0n) is 17.1. The van der Waals surface area contributed by atoms with Gasteiger partial charge in [-0.3, -0.25) is 14.5 Å². The molecule has 3 heterocycles. The molecule has 2 atom stereocenters. The van der Waals surface area contributed by atoms with E-state index >= 15 is 0 Å². The highest BCUT2D eigenvalue weighted by Crippen LogP contribution is 2.32. The van der Waals surface area contributed by atoms with Gasteiger partial charge in [-0.1, -0.05) is 11.2 Å². The maximum Gasteiger partial charge on any atom is 0.433 e. The van der Waals surface area contributed by atoms with Crippen molar-refractivity contribution in [2.75, 3.05) is 29.1 Å². The largest absolute Gasteiger partial charge is 0.433 e. The van der Waals surface area contributed by atoms with Gasteiger partial charge in [0.05, 0.1) is 18.5 Å². The summed E-state index contributed by atoms with van der Waals surface area (Å²) >= 11 is 0. The number of carbonyl (C=O) groups excluding carboxylic acids is 2. The second-order valence-electron chi connectivity index (χ2n) is 7.46. The topological polar surface area (TPSA) is 144 Å². The first-order chi connectivity index (χ1) is 15.5. The van der Waals surface area contributed by atoms with Gasteiger partial charge in [-0.25, -0.2) is 4.98 Å². The molecule has 13 heteroatoms. The predicted molar refractivity (Wildman–Crippen MR) is 109 cm³/mol. The third-order valence-electron chi connectivity index (χ3n) is 5.23. The lowest BCUT2D eigenvalue weighted by molar-refractivity contribution is -0.170. The third-order valence-corrected chi connectivity index (χ3v) is 5.23. The molecule has 2 aromatic heterocycles. The van der Waals surface area contributed by atoms with Crippen molar-refractivity contribution in [3.05, 3.63) is 42.1 Å². The van der Waals surface area contributed by atoms with E-state index in [1.807, 2.05) is 0 Å². The van der Waals surface area contributed by atoms with E-state index in [-0.39, 0.29) is 36.1 Å². The number of nitrogens with two attached hydrogens (primary N) is 1. The maximum absolute atomic E-state index is 13.1. The lowest BCUT2D eigenvalue weighted by Gasteiger charge is -2.40. The molecule has 0 radical (unpaired) electrons. The van der Waals surface area contributed by atoms with Crippen LogP contribution in [0, 0.1) is 0 Å². The number of anilines is 3. The van der Waals surface area contributed by atoms with Crippen LogP contribution in [0.2, 0.25) is 0 Å². The van der Waals surface area contributed by atoms with Crippen LogP contribution in [-0.2, 0) is 20.5 Å². The Morgan fingerprint density at radius 2 is 2.09 bits per heavy atom. The SMILES string of the molecule is CC1([C@@H](O)C(=O)Nc2ccc3c(N)noc3c2)OCCN(c2cccc(C(F)(F)F)n2)C1=O. The number of carbonyl (C=O) groups is 2. The van der Waals surface area contributed by atoms with Crippen LogP contribution in [0.1, 0.15) is 12.6 Å². The van der Waals surface area contributed by atoms with Crippen molar-refractivity contribution in [1.29, 1.82) is 0 Å². The van der Waals surface area contributed by atoms with Crippen molar-refractivity contribution in [3.8, 4) is 0 Å². The van der Waals surface area contributed by atoms with Crippen molar-refractivity contribution < 1.29 is 37.1 Å². The summed E-state index contributed by atoms with van der Waals surface area (Å²) in [6.07, 6.45) is -6.70. The van der Waals surface area contributed by atoms with E-state index in [1.165, 1.54) is 25.1 Å². The molecule has 0 bridgehead atoms. The Kier molecular flexibility index (Phi) is 5.46. The lowest BCUT2D eigenvalue weighted by atomic mass is 9.94. The number of benzene rings is 1. The van der Waals surface area contributed by atoms with Crippen molar-refractivity contribution in [2.45, 2.75) is 24.8 Å². The monoisotopic (exact) mass is 465 g/mol. The van der Waals surface area contributed by atoms with Gasteiger partial charge in [0.15, 0.2) is 23.1 Å². The highest BCUT2D eigenvalue weighted by atomic mass is 19.4. The molecule has 1 fully saturated rings. The van der Waals surface area contributed by atoms with Gasteiger partial charge in [0.2, 0.25) is 0 Å². The summed E-state index contributed by atoms with van der Waals surface area (Å²) < 4.78 is 49.5. The molecule has 1 saturated heterocycles. The minimum atomic E-state index is -4.71. The molecule has 33 heavy (non-hydrogen) atoms. The van der Waals surface area contributed by atoms with E-state index in [2.05, 4.69) is 15.5 Å². The van der Waals surface area contributed by atoms with Crippen LogP contribution in [-0.4, -0.2) is 51.9 Å². The molecular formula is C20H18F3N5O5. The number of nitrogens with zero attached hydrogens (tertiary/aromatic N) is 3. The van der Waals surface area contributed by atoms with Crippen LogP contribution in [0.4, 0.5) is 30.5 Å². The number of amides is 2. The number of fused-ring (bicyclic) bond motifs is 1. The van der Waals surface area contributed by atoms with E-state index in [9.17, 15) is 27.9 Å². The molecular weight excluding hydrogens is 447 g/mol. The number of morpholine rings is 1. The lowest BCUT2D eigenvalue weighted by Crippen LogP contribution is -2.63. The number of aromatic nitrogens is 2. The van der Waals surface area contributed by atoms with Gasteiger partial charge >= 0.3 is 6.18 Å². The number of hydrogen-bond acceptors (Lipinski definition) is 8. The molecule has 1 unspecified atom stereocenters. The number of rotatable bonds is 4. The second kappa shape index (κ2) is 8.01. The Hall–Kier alpha value is -3.71. The van der Waals surface area contributed by atoms with E-state index in [0.717, 1.165) is 17.0 Å². The van der Waals surface area contributed by atoms with Crippen LogP contribution in [0.3, 0.4) is 0 Å². The van der Waals surface area contributed by atoms with Gasteiger partial charge < -0.3 is 25.4 Å². The summed E-state index contributed by atoms with van der Waals surface area (Å²) in [4.78, 5) is 30.2.